The van der Waals surface area contributed by atoms with Crippen molar-refractivity contribution in [2.45, 2.75) is 30.4 Å². The maximum atomic E-state index is 6.27. The highest BCUT2D eigenvalue weighted by Gasteiger charge is 2.24. The zero-order valence-corrected chi connectivity index (χ0v) is 11.9. The second-order valence-electron chi connectivity index (χ2n) is 4.11. The second kappa shape index (κ2) is 4.98. The number of halogens is 1. The van der Waals surface area contributed by atoms with Gasteiger partial charge in [-0.1, -0.05) is 22.9 Å². The number of thioether (sulfide) groups is 1. The van der Waals surface area contributed by atoms with Crippen molar-refractivity contribution in [2.24, 2.45) is 5.73 Å². The van der Waals surface area contributed by atoms with Crippen LogP contribution in [0.1, 0.15) is 30.5 Å². The Labute approximate surface area is 109 Å². The van der Waals surface area contributed by atoms with Gasteiger partial charge in [-0.15, -0.1) is 0 Å². The van der Waals surface area contributed by atoms with Crippen molar-refractivity contribution in [3.05, 3.63) is 27.7 Å². The van der Waals surface area contributed by atoms with Gasteiger partial charge in [0.25, 0.3) is 0 Å². The molecular weight excluding hydrogens is 286 g/mol. The topological polar surface area (TPSA) is 35.2 Å². The lowest BCUT2D eigenvalue weighted by Gasteiger charge is -2.18. The largest absolute Gasteiger partial charge is 0.496 e. The van der Waals surface area contributed by atoms with Gasteiger partial charge >= 0.3 is 0 Å². The summed E-state index contributed by atoms with van der Waals surface area (Å²) in [4.78, 5) is 0. The molecule has 0 fully saturated rings. The SMILES string of the molecule is COc1ccc(Br)c2c1[C@H](N)CC(C)SC2. The van der Waals surface area contributed by atoms with Crippen molar-refractivity contribution in [1.82, 2.24) is 0 Å². The lowest BCUT2D eigenvalue weighted by atomic mass is 9.97. The molecule has 0 spiro atoms. The van der Waals surface area contributed by atoms with Crippen LogP contribution in [-0.4, -0.2) is 12.4 Å². The standard InChI is InChI=1S/C12H16BrNOS/c1-7-5-10(14)12-8(6-16-7)9(13)3-4-11(12)15-2/h3-4,7,10H,5-6,14H2,1-2H3/t7?,10-/m1/s1. The normalized spacial score (nSPS) is 24.8. The van der Waals surface area contributed by atoms with Crippen LogP contribution in [-0.2, 0) is 5.75 Å². The van der Waals surface area contributed by atoms with Crippen LogP contribution in [0.2, 0.25) is 0 Å². The summed E-state index contributed by atoms with van der Waals surface area (Å²) in [7, 11) is 1.71. The highest BCUT2D eigenvalue weighted by molar-refractivity contribution is 9.10. The molecule has 88 valence electrons. The minimum Gasteiger partial charge on any atom is -0.496 e. The molecule has 0 bridgehead atoms. The number of methoxy groups -OCH3 is 1. The van der Waals surface area contributed by atoms with Gasteiger partial charge in [0, 0.05) is 27.1 Å². The Hall–Kier alpha value is -0.190. The Bertz CT molecular complexity index is 397. The Morgan fingerprint density at radius 1 is 1.50 bits per heavy atom. The van der Waals surface area contributed by atoms with Crippen LogP contribution in [0, 0.1) is 0 Å². The van der Waals surface area contributed by atoms with Crippen molar-refractivity contribution in [3.63, 3.8) is 0 Å². The summed E-state index contributed by atoms with van der Waals surface area (Å²) in [6, 6.07) is 4.11. The molecule has 0 aliphatic carbocycles. The molecule has 2 atom stereocenters. The first-order valence-corrected chi connectivity index (χ1v) is 7.20. The van der Waals surface area contributed by atoms with Gasteiger partial charge in [-0.05, 0) is 24.1 Å². The zero-order valence-electron chi connectivity index (χ0n) is 9.50. The first kappa shape index (κ1) is 12.3. The molecule has 0 amide bonds. The minimum atomic E-state index is 0.0763. The van der Waals surface area contributed by atoms with Crippen LogP contribution in [0.15, 0.2) is 16.6 Å². The van der Waals surface area contributed by atoms with Crippen LogP contribution in [0.25, 0.3) is 0 Å². The van der Waals surface area contributed by atoms with Gasteiger partial charge in [0.05, 0.1) is 7.11 Å². The average molecular weight is 302 g/mol. The van der Waals surface area contributed by atoms with Crippen LogP contribution in [0.4, 0.5) is 0 Å². The average Bonchev–Trinajstić information content (AvgIpc) is 2.40. The van der Waals surface area contributed by atoms with E-state index >= 15 is 0 Å². The van der Waals surface area contributed by atoms with Crippen molar-refractivity contribution >= 4 is 27.7 Å². The number of ether oxygens (including phenoxy) is 1. The number of rotatable bonds is 1. The maximum absolute atomic E-state index is 6.27. The van der Waals surface area contributed by atoms with Crippen molar-refractivity contribution in [2.75, 3.05) is 7.11 Å². The molecule has 2 rings (SSSR count). The van der Waals surface area contributed by atoms with Gasteiger partial charge in [-0.25, -0.2) is 0 Å². The highest BCUT2D eigenvalue weighted by Crippen LogP contribution is 2.41. The fourth-order valence-corrected chi connectivity index (χ4v) is 3.89. The number of nitrogens with two attached hydrogens (primary N) is 1. The Morgan fingerprint density at radius 3 is 2.94 bits per heavy atom. The fraction of sp³-hybridized carbons (Fsp3) is 0.500. The first-order chi connectivity index (χ1) is 7.63. The van der Waals surface area contributed by atoms with Gasteiger partial charge in [0.2, 0.25) is 0 Å². The Kier molecular flexibility index (Phi) is 3.82. The predicted molar refractivity (Wildman–Crippen MR) is 73.0 cm³/mol. The van der Waals surface area contributed by atoms with Crippen molar-refractivity contribution < 1.29 is 4.74 Å². The van der Waals surface area contributed by atoms with Gasteiger partial charge in [0.15, 0.2) is 0 Å². The molecule has 16 heavy (non-hydrogen) atoms. The molecule has 0 saturated carbocycles. The van der Waals surface area contributed by atoms with Crippen LogP contribution in [0.3, 0.4) is 0 Å². The quantitative estimate of drug-likeness (QED) is 0.862. The molecule has 1 aliphatic rings. The second-order valence-corrected chi connectivity index (χ2v) is 6.39. The van der Waals surface area contributed by atoms with Gasteiger partial charge in [-0.3, -0.25) is 0 Å². The summed E-state index contributed by atoms with van der Waals surface area (Å²) in [6.07, 6.45) is 1.00. The molecule has 4 heteroatoms. The van der Waals surface area contributed by atoms with E-state index < -0.39 is 0 Å². The molecule has 0 radical (unpaired) electrons. The Balaban J connectivity index is 2.53. The molecule has 1 unspecified atom stereocenters. The highest BCUT2D eigenvalue weighted by atomic mass is 79.9. The van der Waals surface area contributed by atoms with Crippen LogP contribution in [0.5, 0.6) is 5.75 Å². The van der Waals surface area contributed by atoms with Crippen LogP contribution < -0.4 is 10.5 Å². The maximum Gasteiger partial charge on any atom is 0.124 e. The monoisotopic (exact) mass is 301 g/mol. The smallest absolute Gasteiger partial charge is 0.124 e. The molecule has 1 heterocycles. The molecule has 1 aromatic rings. The fourth-order valence-electron chi connectivity index (χ4n) is 2.12. The summed E-state index contributed by atoms with van der Waals surface area (Å²) in [5, 5.41) is 0.596. The van der Waals surface area contributed by atoms with E-state index in [9.17, 15) is 0 Å². The third-order valence-corrected chi connectivity index (χ3v) is 4.91. The third-order valence-electron chi connectivity index (χ3n) is 2.95. The van der Waals surface area contributed by atoms with Crippen molar-refractivity contribution in [3.8, 4) is 5.75 Å². The van der Waals surface area contributed by atoms with E-state index in [4.69, 9.17) is 10.5 Å². The van der Waals surface area contributed by atoms with Crippen molar-refractivity contribution in [1.29, 1.82) is 0 Å². The minimum absolute atomic E-state index is 0.0763. The third kappa shape index (κ3) is 2.24. The molecule has 1 aromatic carbocycles. The lowest BCUT2D eigenvalue weighted by molar-refractivity contribution is 0.403. The van der Waals surface area contributed by atoms with Gasteiger partial charge < -0.3 is 10.5 Å². The van der Waals surface area contributed by atoms with E-state index in [0.717, 1.165) is 22.4 Å². The first-order valence-electron chi connectivity index (χ1n) is 5.36. The van der Waals surface area contributed by atoms with E-state index in [2.05, 4.69) is 22.9 Å². The molecule has 2 N–H and O–H groups in total. The van der Waals surface area contributed by atoms with Gasteiger partial charge in [0.1, 0.15) is 5.75 Å². The van der Waals surface area contributed by atoms with Crippen LogP contribution >= 0.6 is 27.7 Å². The van der Waals surface area contributed by atoms with E-state index in [1.165, 1.54) is 11.1 Å². The van der Waals surface area contributed by atoms with E-state index in [1.54, 1.807) is 7.11 Å². The molecule has 0 saturated heterocycles. The van der Waals surface area contributed by atoms with Gasteiger partial charge in [-0.2, -0.15) is 11.8 Å². The molecule has 2 nitrogen and oxygen atoms in total. The summed E-state index contributed by atoms with van der Waals surface area (Å²) in [5.41, 5.74) is 8.74. The number of hydrogen-bond donors (Lipinski definition) is 1. The lowest BCUT2D eigenvalue weighted by Crippen LogP contribution is -2.15. The zero-order chi connectivity index (χ0) is 11.7. The predicted octanol–water partition coefficient (Wildman–Crippen LogP) is 3.48. The molecular formula is C12H16BrNOS. The summed E-state index contributed by atoms with van der Waals surface area (Å²) >= 11 is 5.56. The van der Waals surface area contributed by atoms with E-state index in [-0.39, 0.29) is 6.04 Å². The Morgan fingerprint density at radius 2 is 2.25 bits per heavy atom. The number of fused-ring (bicyclic) bond motifs is 1. The number of benzene rings is 1. The summed E-state index contributed by atoms with van der Waals surface area (Å²) < 4.78 is 6.56. The van der Waals surface area contributed by atoms with E-state index in [1.807, 2.05) is 23.9 Å². The molecule has 0 aromatic heterocycles. The number of hydrogen-bond acceptors (Lipinski definition) is 3. The van der Waals surface area contributed by atoms with E-state index in [0.29, 0.717) is 5.25 Å². The summed E-state index contributed by atoms with van der Waals surface area (Å²) in [6.45, 7) is 2.23. The molecule has 1 aliphatic heterocycles. The summed E-state index contributed by atoms with van der Waals surface area (Å²) in [5.74, 6) is 1.92.